The molecule has 2 heteroatoms. The molecule has 11 aromatic rings. The molecule has 0 amide bonds. The van der Waals surface area contributed by atoms with Gasteiger partial charge in [-0.05, 0) is 102 Å². The number of anilines is 3. The predicted octanol–water partition coefficient (Wildman–Crippen LogP) is 15.0. The topological polar surface area (TPSA) is 16.4 Å². The van der Waals surface area contributed by atoms with Gasteiger partial charge in [-0.2, -0.15) is 0 Å². The second-order valence-corrected chi connectivity index (χ2v) is 14.1. The van der Waals surface area contributed by atoms with E-state index >= 15 is 0 Å². The van der Waals surface area contributed by atoms with E-state index < -0.39 is 0 Å². The summed E-state index contributed by atoms with van der Waals surface area (Å²) in [4.78, 5) is 2.39. The Kier molecular flexibility index (Phi) is 6.90. The van der Waals surface area contributed by atoms with Crippen molar-refractivity contribution >= 4 is 82.1 Å². The number of nitrogens with zero attached hydrogens (tertiary/aromatic N) is 1. The van der Waals surface area contributed by atoms with E-state index in [9.17, 15) is 0 Å². The van der Waals surface area contributed by atoms with E-state index in [0.717, 1.165) is 44.4 Å². The maximum atomic E-state index is 6.81. The van der Waals surface area contributed by atoms with Crippen molar-refractivity contribution in [1.82, 2.24) is 0 Å². The maximum Gasteiger partial charge on any atom is 0.160 e. The summed E-state index contributed by atoms with van der Waals surface area (Å²) in [6.45, 7) is 0. The van der Waals surface area contributed by atoms with Gasteiger partial charge in [0.15, 0.2) is 5.58 Å². The molecule has 10 aromatic carbocycles. The average molecular weight is 688 g/mol. The minimum atomic E-state index is 0.874. The highest BCUT2D eigenvalue weighted by Crippen LogP contribution is 2.48. The molecule has 0 fully saturated rings. The third kappa shape index (κ3) is 4.81. The lowest BCUT2D eigenvalue weighted by atomic mass is 9.90. The highest BCUT2D eigenvalue weighted by atomic mass is 16.3. The van der Waals surface area contributed by atoms with Gasteiger partial charge in [-0.25, -0.2) is 0 Å². The normalized spacial score (nSPS) is 11.7. The van der Waals surface area contributed by atoms with Crippen molar-refractivity contribution in [3.8, 4) is 22.3 Å². The molecule has 0 saturated heterocycles. The first-order chi connectivity index (χ1) is 26.8. The standard InChI is InChI=1S/C52H33NO/c1-2-13-34(14-3-1)35-25-27-39(28-26-35)53(51-43-19-7-5-16-38(43)33-49-47-22-10-11-24-50(47)54-52(49)51)40-29-30-42-36(31-40)17-12-23-45(42)48-32-37-15-4-6-18-41(37)44-20-8-9-21-46(44)48/h1-33H. The fraction of sp³-hybridized carbons (Fsp3) is 0. The molecule has 0 radical (unpaired) electrons. The number of hydrogen-bond donors (Lipinski definition) is 0. The molecule has 2 nitrogen and oxygen atoms in total. The molecular formula is C52H33NO. The Morgan fingerprint density at radius 2 is 0.907 bits per heavy atom. The van der Waals surface area contributed by atoms with Gasteiger partial charge in [0.2, 0.25) is 0 Å². The van der Waals surface area contributed by atoms with Crippen LogP contribution in [0.25, 0.3) is 87.3 Å². The summed E-state index contributed by atoms with van der Waals surface area (Å²) in [6.07, 6.45) is 0. The molecule has 0 unspecified atom stereocenters. The van der Waals surface area contributed by atoms with Crippen molar-refractivity contribution in [2.24, 2.45) is 0 Å². The van der Waals surface area contributed by atoms with Gasteiger partial charge in [0.05, 0.1) is 5.69 Å². The van der Waals surface area contributed by atoms with E-state index in [-0.39, 0.29) is 0 Å². The molecule has 0 spiro atoms. The maximum absolute atomic E-state index is 6.81. The lowest BCUT2D eigenvalue weighted by Gasteiger charge is -2.27. The Labute approximate surface area is 312 Å². The molecule has 0 aliphatic carbocycles. The Hall–Kier alpha value is -7.16. The van der Waals surface area contributed by atoms with Crippen molar-refractivity contribution in [2.75, 3.05) is 4.90 Å². The Morgan fingerprint density at radius 3 is 1.72 bits per heavy atom. The van der Waals surface area contributed by atoms with E-state index in [0.29, 0.717) is 0 Å². The summed E-state index contributed by atoms with van der Waals surface area (Å²) in [5, 5.41) is 12.0. The lowest BCUT2D eigenvalue weighted by molar-refractivity contribution is 0.669. The van der Waals surface area contributed by atoms with Gasteiger partial charge in [-0.3, -0.25) is 0 Å². The van der Waals surface area contributed by atoms with Crippen LogP contribution in [0.3, 0.4) is 0 Å². The minimum absolute atomic E-state index is 0.874. The van der Waals surface area contributed by atoms with Gasteiger partial charge in [0.1, 0.15) is 5.58 Å². The van der Waals surface area contributed by atoms with Crippen molar-refractivity contribution < 1.29 is 4.42 Å². The van der Waals surface area contributed by atoms with E-state index in [1.807, 2.05) is 6.07 Å². The van der Waals surface area contributed by atoms with E-state index in [1.54, 1.807) is 0 Å². The monoisotopic (exact) mass is 687 g/mol. The van der Waals surface area contributed by atoms with Gasteiger partial charge < -0.3 is 9.32 Å². The van der Waals surface area contributed by atoms with Crippen LogP contribution in [0.5, 0.6) is 0 Å². The molecule has 0 saturated carbocycles. The Morgan fingerprint density at radius 1 is 0.315 bits per heavy atom. The van der Waals surface area contributed by atoms with Gasteiger partial charge in [0.25, 0.3) is 0 Å². The number of benzene rings is 10. The van der Waals surface area contributed by atoms with E-state index in [2.05, 4.69) is 199 Å². The number of para-hydroxylation sites is 1. The van der Waals surface area contributed by atoms with Gasteiger partial charge in [0, 0.05) is 27.5 Å². The van der Waals surface area contributed by atoms with Gasteiger partial charge in [-0.15, -0.1) is 0 Å². The summed E-state index contributed by atoms with van der Waals surface area (Å²) >= 11 is 0. The van der Waals surface area contributed by atoms with Crippen molar-refractivity contribution in [1.29, 1.82) is 0 Å². The minimum Gasteiger partial charge on any atom is -0.454 e. The molecule has 252 valence electrons. The summed E-state index contributed by atoms with van der Waals surface area (Å²) in [7, 11) is 0. The summed E-state index contributed by atoms with van der Waals surface area (Å²) in [5.41, 5.74) is 9.75. The van der Waals surface area contributed by atoms with Crippen LogP contribution in [0.15, 0.2) is 205 Å². The molecule has 1 heterocycles. The second kappa shape index (κ2) is 12.2. The first kappa shape index (κ1) is 30.5. The smallest absolute Gasteiger partial charge is 0.160 e. The van der Waals surface area contributed by atoms with Crippen LogP contribution < -0.4 is 4.90 Å². The fourth-order valence-electron chi connectivity index (χ4n) is 8.49. The van der Waals surface area contributed by atoms with Crippen molar-refractivity contribution in [2.45, 2.75) is 0 Å². The zero-order valence-electron chi connectivity index (χ0n) is 29.4. The highest BCUT2D eigenvalue weighted by Gasteiger charge is 2.23. The third-order valence-corrected chi connectivity index (χ3v) is 11.0. The summed E-state index contributed by atoms with van der Waals surface area (Å²) in [5.74, 6) is 0. The number of fused-ring (bicyclic) bond motifs is 8. The molecule has 0 aliphatic heterocycles. The number of rotatable bonds is 5. The van der Waals surface area contributed by atoms with Crippen molar-refractivity contribution in [3.05, 3.63) is 200 Å². The highest BCUT2D eigenvalue weighted by molar-refractivity contribution is 6.20. The predicted molar refractivity (Wildman–Crippen MR) is 229 cm³/mol. The largest absolute Gasteiger partial charge is 0.454 e. The Bertz CT molecular complexity index is 3210. The molecule has 0 atom stereocenters. The molecule has 11 rings (SSSR count). The lowest BCUT2D eigenvalue weighted by Crippen LogP contribution is -2.11. The van der Waals surface area contributed by atoms with Crippen LogP contribution in [0.1, 0.15) is 0 Å². The first-order valence-electron chi connectivity index (χ1n) is 18.5. The zero-order chi connectivity index (χ0) is 35.6. The molecule has 1 aromatic heterocycles. The van der Waals surface area contributed by atoms with E-state index in [4.69, 9.17) is 4.42 Å². The zero-order valence-corrected chi connectivity index (χ0v) is 29.4. The van der Waals surface area contributed by atoms with Crippen LogP contribution in [0.2, 0.25) is 0 Å². The van der Waals surface area contributed by atoms with Crippen LogP contribution in [-0.4, -0.2) is 0 Å². The van der Waals surface area contributed by atoms with Gasteiger partial charge >= 0.3 is 0 Å². The van der Waals surface area contributed by atoms with Gasteiger partial charge in [-0.1, -0.05) is 158 Å². The van der Waals surface area contributed by atoms with Crippen LogP contribution in [-0.2, 0) is 0 Å². The van der Waals surface area contributed by atoms with Crippen LogP contribution in [0.4, 0.5) is 17.1 Å². The summed E-state index contributed by atoms with van der Waals surface area (Å²) in [6, 6.07) is 72.2. The van der Waals surface area contributed by atoms with Crippen LogP contribution >= 0.6 is 0 Å². The summed E-state index contributed by atoms with van der Waals surface area (Å²) < 4.78 is 6.81. The quantitative estimate of drug-likeness (QED) is 0.168. The molecule has 0 aliphatic rings. The molecular weight excluding hydrogens is 655 g/mol. The molecule has 54 heavy (non-hydrogen) atoms. The molecule has 0 bridgehead atoms. The average Bonchev–Trinajstić information content (AvgIpc) is 3.62. The first-order valence-corrected chi connectivity index (χ1v) is 18.5. The van der Waals surface area contributed by atoms with Crippen LogP contribution in [0, 0.1) is 0 Å². The fourth-order valence-corrected chi connectivity index (χ4v) is 8.49. The van der Waals surface area contributed by atoms with Crippen molar-refractivity contribution in [3.63, 3.8) is 0 Å². The second-order valence-electron chi connectivity index (χ2n) is 14.1. The number of hydrogen-bond acceptors (Lipinski definition) is 2. The SMILES string of the molecule is c1ccc(-c2ccc(N(c3ccc4c(-c5cc6ccccc6c6ccccc56)cccc4c3)c3c4ccccc4cc4c3oc3ccccc34)cc2)cc1. The van der Waals surface area contributed by atoms with E-state index in [1.165, 1.54) is 60.0 Å². The number of furan rings is 1. The Balaban J connectivity index is 1.17. The third-order valence-electron chi connectivity index (χ3n) is 11.0. The molecule has 0 N–H and O–H groups in total.